The fourth-order valence-corrected chi connectivity index (χ4v) is 4.91. The Morgan fingerprint density at radius 1 is 1.10 bits per heavy atom. The summed E-state index contributed by atoms with van der Waals surface area (Å²) in [6, 6.07) is 11.3. The number of benzene rings is 2. The number of amides is 1. The van der Waals surface area contributed by atoms with E-state index in [9.17, 15) is 17.6 Å². The van der Waals surface area contributed by atoms with E-state index in [0.29, 0.717) is 5.75 Å². The third-order valence-corrected chi connectivity index (χ3v) is 6.80. The number of anilines is 1. The average molecular weight is 421 g/mol. The number of hydrogen-bond donors (Lipinski definition) is 1. The van der Waals surface area contributed by atoms with Crippen LogP contribution >= 0.6 is 0 Å². The van der Waals surface area contributed by atoms with Crippen molar-refractivity contribution in [1.82, 2.24) is 5.32 Å². The minimum atomic E-state index is -4.16. The molecule has 29 heavy (non-hydrogen) atoms. The van der Waals surface area contributed by atoms with Gasteiger partial charge in [-0.3, -0.25) is 9.10 Å². The summed E-state index contributed by atoms with van der Waals surface area (Å²) < 4.78 is 46.8. The maximum absolute atomic E-state index is 14.5. The Morgan fingerprint density at radius 2 is 1.76 bits per heavy atom. The molecule has 0 radical (unpaired) electrons. The number of nitrogens with one attached hydrogen (secondary N) is 1. The zero-order chi connectivity index (χ0) is 20.9. The maximum Gasteiger partial charge on any atom is 0.264 e. The molecule has 1 N–H and O–H groups in total. The lowest BCUT2D eigenvalue weighted by Gasteiger charge is -2.27. The minimum Gasteiger partial charge on any atom is -0.497 e. The van der Waals surface area contributed by atoms with Gasteiger partial charge in [0.2, 0.25) is 5.91 Å². The second-order valence-electron chi connectivity index (χ2n) is 7.04. The Labute approximate surface area is 170 Å². The fraction of sp³-hybridized carbons (Fsp3) is 0.381. The normalized spacial score (nSPS) is 15.0. The summed E-state index contributed by atoms with van der Waals surface area (Å²) in [6.07, 6.45) is 4.95. The molecule has 0 spiro atoms. The van der Waals surface area contributed by atoms with Crippen LogP contribution in [0.2, 0.25) is 0 Å². The molecule has 1 aliphatic rings. The van der Waals surface area contributed by atoms with Crippen molar-refractivity contribution < 1.29 is 22.3 Å². The number of halogens is 1. The molecular weight excluding hydrogens is 395 g/mol. The zero-order valence-corrected chi connectivity index (χ0v) is 17.1. The highest BCUT2D eigenvalue weighted by molar-refractivity contribution is 7.92. The first kappa shape index (κ1) is 21.1. The van der Waals surface area contributed by atoms with Crippen LogP contribution < -0.4 is 14.4 Å². The highest BCUT2D eigenvalue weighted by Gasteiger charge is 2.30. The van der Waals surface area contributed by atoms with E-state index < -0.39 is 28.3 Å². The summed E-state index contributed by atoms with van der Waals surface area (Å²) in [5.41, 5.74) is -0.165. The van der Waals surface area contributed by atoms with E-state index in [4.69, 9.17) is 4.74 Å². The van der Waals surface area contributed by atoms with Crippen molar-refractivity contribution in [3.05, 3.63) is 54.3 Å². The van der Waals surface area contributed by atoms with Crippen LogP contribution in [0.15, 0.2) is 53.4 Å². The van der Waals surface area contributed by atoms with Gasteiger partial charge < -0.3 is 10.1 Å². The summed E-state index contributed by atoms with van der Waals surface area (Å²) in [5.74, 6) is -0.663. The van der Waals surface area contributed by atoms with E-state index in [0.717, 1.165) is 36.4 Å². The molecule has 0 bridgehead atoms. The molecule has 156 valence electrons. The lowest BCUT2D eigenvalue weighted by Crippen LogP contribution is -2.45. The third kappa shape index (κ3) is 5.06. The quantitative estimate of drug-likeness (QED) is 0.744. The molecule has 1 amide bonds. The number of methoxy groups -OCH3 is 1. The summed E-state index contributed by atoms with van der Waals surface area (Å²) in [4.78, 5) is 12.6. The standard InChI is InChI=1S/C21H25FN2O4S/c1-28-17-11-13-18(14-12-17)29(26,27)24(20-10-6-5-9-19(20)22)15-21(25)23-16-7-3-2-4-8-16/h5-6,9-14,16H,2-4,7-8,15H2,1H3,(H,23,25). The third-order valence-electron chi connectivity index (χ3n) is 5.03. The Morgan fingerprint density at radius 3 is 2.38 bits per heavy atom. The van der Waals surface area contributed by atoms with Crippen molar-refractivity contribution in [1.29, 1.82) is 0 Å². The number of sulfonamides is 1. The molecule has 1 fully saturated rings. The second kappa shape index (κ2) is 9.26. The van der Waals surface area contributed by atoms with Crippen LogP contribution in [0.3, 0.4) is 0 Å². The van der Waals surface area contributed by atoms with Crippen LogP contribution in [-0.2, 0) is 14.8 Å². The molecule has 0 aliphatic heterocycles. The van der Waals surface area contributed by atoms with Gasteiger partial charge in [-0.05, 0) is 49.2 Å². The second-order valence-corrected chi connectivity index (χ2v) is 8.90. The van der Waals surface area contributed by atoms with Gasteiger partial charge in [0, 0.05) is 6.04 Å². The van der Waals surface area contributed by atoms with Crippen molar-refractivity contribution >= 4 is 21.6 Å². The van der Waals surface area contributed by atoms with Crippen LogP contribution in [0, 0.1) is 5.82 Å². The predicted octanol–water partition coefficient (Wildman–Crippen LogP) is 3.48. The Hall–Kier alpha value is -2.61. The average Bonchev–Trinajstić information content (AvgIpc) is 2.73. The molecular formula is C21H25FN2O4S. The first-order valence-corrected chi connectivity index (χ1v) is 11.1. The highest BCUT2D eigenvalue weighted by Crippen LogP contribution is 2.27. The zero-order valence-electron chi connectivity index (χ0n) is 16.3. The smallest absolute Gasteiger partial charge is 0.264 e. The van der Waals surface area contributed by atoms with E-state index in [2.05, 4.69) is 5.32 Å². The van der Waals surface area contributed by atoms with Crippen molar-refractivity contribution in [3.63, 3.8) is 0 Å². The van der Waals surface area contributed by atoms with Crippen LogP contribution in [0.1, 0.15) is 32.1 Å². The van der Waals surface area contributed by atoms with E-state index in [1.807, 2.05) is 0 Å². The van der Waals surface area contributed by atoms with Crippen molar-refractivity contribution in [3.8, 4) is 5.75 Å². The summed E-state index contributed by atoms with van der Waals surface area (Å²) in [7, 11) is -2.68. The number of carbonyl (C=O) groups is 1. The number of nitrogens with zero attached hydrogens (tertiary/aromatic N) is 1. The molecule has 0 unspecified atom stereocenters. The topological polar surface area (TPSA) is 75.7 Å². The van der Waals surface area contributed by atoms with E-state index in [1.54, 1.807) is 0 Å². The van der Waals surface area contributed by atoms with Gasteiger partial charge in [0.1, 0.15) is 18.1 Å². The molecule has 1 saturated carbocycles. The molecule has 3 rings (SSSR count). The van der Waals surface area contributed by atoms with Crippen molar-refractivity contribution in [2.45, 2.75) is 43.0 Å². The van der Waals surface area contributed by atoms with Crippen LogP contribution in [0.4, 0.5) is 10.1 Å². The Kier molecular flexibility index (Phi) is 6.74. The van der Waals surface area contributed by atoms with Crippen molar-refractivity contribution in [2.24, 2.45) is 0 Å². The molecule has 0 aromatic heterocycles. The summed E-state index contributed by atoms with van der Waals surface area (Å²) in [5, 5.41) is 2.89. The molecule has 0 saturated heterocycles. The lowest BCUT2D eigenvalue weighted by molar-refractivity contribution is -0.120. The van der Waals surface area contributed by atoms with Crippen LogP contribution in [0.25, 0.3) is 0 Å². The van der Waals surface area contributed by atoms with Gasteiger partial charge in [-0.2, -0.15) is 0 Å². The van der Waals surface area contributed by atoms with E-state index >= 15 is 0 Å². The number of ether oxygens (including phenoxy) is 1. The minimum absolute atomic E-state index is 0.0300. The lowest BCUT2D eigenvalue weighted by atomic mass is 9.95. The van der Waals surface area contributed by atoms with Crippen LogP contribution in [0.5, 0.6) is 5.75 Å². The van der Waals surface area contributed by atoms with E-state index in [-0.39, 0.29) is 16.6 Å². The molecule has 2 aromatic carbocycles. The van der Waals surface area contributed by atoms with Gasteiger partial charge in [-0.1, -0.05) is 31.4 Å². The van der Waals surface area contributed by atoms with Gasteiger partial charge in [-0.25, -0.2) is 12.8 Å². The first-order chi connectivity index (χ1) is 13.9. The van der Waals surface area contributed by atoms with Gasteiger partial charge in [0.25, 0.3) is 10.0 Å². The van der Waals surface area contributed by atoms with Crippen molar-refractivity contribution in [2.75, 3.05) is 18.0 Å². The molecule has 8 heteroatoms. The fourth-order valence-electron chi connectivity index (χ4n) is 3.48. The molecule has 6 nitrogen and oxygen atoms in total. The van der Waals surface area contributed by atoms with E-state index in [1.165, 1.54) is 55.6 Å². The predicted molar refractivity (Wildman–Crippen MR) is 109 cm³/mol. The number of carbonyl (C=O) groups excluding carboxylic acids is 1. The van der Waals surface area contributed by atoms with Gasteiger partial charge in [0.15, 0.2) is 0 Å². The summed E-state index contributed by atoms with van der Waals surface area (Å²) >= 11 is 0. The van der Waals surface area contributed by atoms with Crippen LogP contribution in [-0.4, -0.2) is 34.0 Å². The SMILES string of the molecule is COc1ccc(S(=O)(=O)N(CC(=O)NC2CCCCC2)c2ccccc2F)cc1. The number of hydrogen-bond acceptors (Lipinski definition) is 4. The largest absolute Gasteiger partial charge is 0.497 e. The maximum atomic E-state index is 14.5. The molecule has 2 aromatic rings. The highest BCUT2D eigenvalue weighted by atomic mass is 32.2. The molecule has 0 atom stereocenters. The van der Waals surface area contributed by atoms with Gasteiger partial charge in [0.05, 0.1) is 17.7 Å². The number of para-hydroxylation sites is 1. The number of rotatable bonds is 7. The molecule has 1 aliphatic carbocycles. The monoisotopic (exact) mass is 420 g/mol. The summed E-state index contributed by atoms with van der Waals surface area (Å²) in [6.45, 7) is -0.494. The Balaban J connectivity index is 1.90. The molecule has 0 heterocycles. The Bertz CT molecular complexity index is 941. The van der Waals surface area contributed by atoms with Gasteiger partial charge >= 0.3 is 0 Å². The van der Waals surface area contributed by atoms with Gasteiger partial charge in [-0.15, -0.1) is 0 Å². The first-order valence-electron chi connectivity index (χ1n) is 9.62.